The third-order valence-corrected chi connectivity index (χ3v) is 2.53. The number of nitrogens with two attached hydrogens (primary N) is 1. The Hall–Kier alpha value is -1.68. The second-order valence-corrected chi connectivity index (χ2v) is 3.59. The number of methoxy groups -OCH3 is 1. The van der Waals surface area contributed by atoms with E-state index in [0.29, 0.717) is 23.7 Å². The highest BCUT2D eigenvalue weighted by Crippen LogP contribution is 2.42. The molecule has 4 heteroatoms. The molecule has 16 heavy (non-hydrogen) atoms. The molecule has 1 atom stereocenters. The number of hydrogen-bond donors (Lipinski definition) is 1. The van der Waals surface area contributed by atoms with E-state index in [2.05, 4.69) is 6.58 Å². The Bertz CT molecular complexity index is 403. The minimum Gasteiger partial charge on any atom is -0.493 e. The summed E-state index contributed by atoms with van der Waals surface area (Å²) in [5.41, 5.74) is 6.96. The van der Waals surface area contributed by atoms with Gasteiger partial charge in [-0.3, -0.25) is 0 Å². The third kappa shape index (κ3) is 1.84. The van der Waals surface area contributed by atoms with Gasteiger partial charge in [0.15, 0.2) is 11.5 Å². The zero-order chi connectivity index (χ0) is 11.5. The first-order valence-corrected chi connectivity index (χ1v) is 5.10. The predicted molar refractivity (Wildman–Crippen MR) is 60.9 cm³/mol. The Morgan fingerprint density at radius 3 is 3.06 bits per heavy atom. The Morgan fingerprint density at radius 2 is 2.38 bits per heavy atom. The smallest absolute Gasteiger partial charge is 0.231 e. The number of fused-ring (bicyclic) bond motifs is 1. The first-order chi connectivity index (χ1) is 7.76. The van der Waals surface area contributed by atoms with Crippen LogP contribution >= 0.6 is 0 Å². The molecule has 2 rings (SSSR count). The first kappa shape index (κ1) is 10.8. The van der Waals surface area contributed by atoms with Crippen LogP contribution in [0.3, 0.4) is 0 Å². The van der Waals surface area contributed by atoms with Gasteiger partial charge in [-0.2, -0.15) is 0 Å². The van der Waals surface area contributed by atoms with Crippen LogP contribution in [-0.4, -0.2) is 13.9 Å². The van der Waals surface area contributed by atoms with Gasteiger partial charge in [0.25, 0.3) is 0 Å². The van der Waals surface area contributed by atoms with Gasteiger partial charge in [-0.05, 0) is 24.1 Å². The van der Waals surface area contributed by atoms with E-state index in [9.17, 15) is 0 Å². The van der Waals surface area contributed by atoms with Gasteiger partial charge in [-0.1, -0.05) is 6.08 Å². The SMILES string of the molecule is C=CC[C@H](N)c1cc(OC)c2c(c1)OCO2. The molecule has 2 N–H and O–H groups in total. The minimum absolute atomic E-state index is 0.0964. The molecule has 0 aliphatic carbocycles. The summed E-state index contributed by atoms with van der Waals surface area (Å²) in [6.07, 6.45) is 2.50. The topological polar surface area (TPSA) is 53.7 Å². The average Bonchev–Trinajstić information content (AvgIpc) is 2.75. The van der Waals surface area contributed by atoms with Crippen molar-refractivity contribution < 1.29 is 14.2 Å². The average molecular weight is 221 g/mol. The molecule has 0 radical (unpaired) electrons. The Morgan fingerprint density at radius 1 is 1.56 bits per heavy atom. The monoisotopic (exact) mass is 221 g/mol. The molecule has 1 heterocycles. The predicted octanol–water partition coefficient (Wildman–Crippen LogP) is 2.00. The molecule has 0 fully saturated rings. The Labute approximate surface area is 94.6 Å². The van der Waals surface area contributed by atoms with Crippen molar-refractivity contribution in [1.82, 2.24) is 0 Å². The summed E-state index contributed by atoms with van der Waals surface area (Å²) in [7, 11) is 1.60. The number of ether oxygens (including phenoxy) is 3. The van der Waals surface area contributed by atoms with Crippen LogP contribution in [-0.2, 0) is 0 Å². The normalized spacial score (nSPS) is 14.6. The van der Waals surface area contributed by atoms with Gasteiger partial charge in [0.2, 0.25) is 12.5 Å². The van der Waals surface area contributed by atoms with Crippen molar-refractivity contribution in [3.05, 3.63) is 30.4 Å². The fourth-order valence-electron chi connectivity index (χ4n) is 1.68. The standard InChI is InChI=1S/C12H15NO3/c1-3-4-9(13)8-5-10(14-2)12-11(6-8)15-7-16-12/h3,5-6,9H,1,4,7,13H2,2H3/t9-/m0/s1. The number of hydrogen-bond acceptors (Lipinski definition) is 4. The van der Waals surface area contributed by atoms with E-state index in [1.54, 1.807) is 13.2 Å². The zero-order valence-electron chi connectivity index (χ0n) is 9.23. The van der Waals surface area contributed by atoms with Gasteiger partial charge >= 0.3 is 0 Å². The molecule has 0 spiro atoms. The van der Waals surface area contributed by atoms with Gasteiger partial charge < -0.3 is 19.9 Å². The van der Waals surface area contributed by atoms with Crippen molar-refractivity contribution in [3.63, 3.8) is 0 Å². The summed E-state index contributed by atoms with van der Waals surface area (Å²) in [6, 6.07) is 3.67. The maximum absolute atomic E-state index is 6.00. The molecule has 0 saturated heterocycles. The van der Waals surface area contributed by atoms with Crippen molar-refractivity contribution in [1.29, 1.82) is 0 Å². The van der Waals surface area contributed by atoms with Crippen LogP contribution in [0.15, 0.2) is 24.8 Å². The summed E-state index contributed by atoms with van der Waals surface area (Å²) >= 11 is 0. The van der Waals surface area contributed by atoms with E-state index < -0.39 is 0 Å². The Balaban J connectivity index is 2.37. The molecule has 0 bridgehead atoms. The second-order valence-electron chi connectivity index (χ2n) is 3.59. The van der Waals surface area contributed by atoms with Crippen LogP contribution in [0.4, 0.5) is 0 Å². The van der Waals surface area contributed by atoms with Gasteiger partial charge in [-0.25, -0.2) is 0 Å². The van der Waals surface area contributed by atoms with Crippen LogP contribution in [0.25, 0.3) is 0 Å². The number of rotatable bonds is 4. The second kappa shape index (κ2) is 4.45. The number of benzene rings is 1. The fourth-order valence-corrected chi connectivity index (χ4v) is 1.68. The molecular formula is C12H15NO3. The molecule has 0 amide bonds. The maximum Gasteiger partial charge on any atom is 0.231 e. The van der Waals surface area contributed by atoms with Gasteiger partial charge in [0, 0.05) is 6.04 Å². The molecule has 4 nitrogen and oxygen atoms in total. The molecule has 1 aliphatic heterocycles. The molecule has 0 unspecified atom stereocenters. The van der Waals surface area contributed by atoms with Crippen molar-refractivity contribution >= 4 is 0 Å². The van der Waals surface area contributed by atoms with Gasteiger partial charge in [0.05, 0.1) is 7.11 Å². The van der Waals surface area contributed by atoms with E-state index in [1.807, 2.05) is 12.1 Å². The zero-order valence-corrected chi connectivity index (χ0v) is 9.23. The molecule has 86 valence electrons. The largest absolute Gasteiger partial charge is 0.493 e. The molecule has 1 aromatic rings. The van der Waals surface area contributed by atoms with Crippen LogP contribution in [0.5, 0.6) is 17.2 Å². The fraction of sp³-hybridized carbons (Fsp3) is 0.333. The van der Waals surface area contributed by atoms with Gasteiger partial charge in [-0.15, -0.1) is 6.58 Å². The third-order valence-electron chi connectivity index (χ3n) is 2.53. The lowest BCUT2D eigenvalue weighted by Gasteiger charge is -2.12. The lowest BCUT2D eigenvalue weighted by Crippen LogP contribution is -2.09. The highest BCUT2D eigenvalue weighted by atomic mass is 16.7. The van der Waals surface area contributed by atoms with E-state index in [4.69, 9.17) is 19.9 Å². The first-order valence-electron chi connectivity index (χ1n) is 5.10. The summed E-state index contributed by atoms with van der Waals surface area (Å²) in [5.74, 6) is 2.00. The lowest BCUT2D eigenvalue weighted by molar-refractivity contribution is 0.171. The highest BCUT2D eigenvalue weighted by molar-refractivity contribution is 5.55. The van der Waals surface area contributed by atoms with Crippen molar-refractivity contribution in [3.8, 4) is 17.2 Å². The van der Waals surface area contributed by atoms with E-state index in [0.717, 1.165) is 5.56 Å². The van der Waals surface area contributed by atoms with Gasteiger partial charge in [0.1, 0.15) is 0 Å². The lowest BCUT2D eigenvalue weighted by atomic mass is 10.0. The highest BCUT2D eigenvalue weighted by Gasteiger charge is 2.21. The van der Waals surface area contributed by atoms with Crippen LogP contribution < -0.4 is 19.9 Å². The molecule has 0 aromatic heterocycles. The quantitative estimate of drug-likeness (QED) is 0.790. The summed E-state index contributed by atoms with van der Waals surface area (Å²) < 4.78 is 15.9. The minimum atomic E-state index is -0.0964. The maximum atomic E-state index is 6.00. The van der Waals surface area contributed by atoms with E-state index in [1.165, 1.54) is 0 Å². The van der Waals surface area contributed by atoms with Crippen molar-refractivity contribution in [2.45, 2.75) is 12.5 Å². The molecule has 0 saturated carbocycles. The summed E-state index contributed by atoms with van der Waals surface area (Å²) in [5, 5.41) is 0. The van der Waals surface area contributed by atoms with Crippen molar-refractivity contribution in [2.75, 3.05) is 13.9 Å². The van der Waals surface area contributed by atoms with Crippen molar-refractivity contribution in [2.24, 2.45) is 5.73 Å². The molecular weight excluding hydrogens is 206 g/mol. The van der Waals surface area contributed by atoms with E-state index in [-0.39, 0.29) is 12.8 Å². The molecule has 1 aliphatic rings. The Kier molecular flexibility index (Phi) is 3.01. The van der Waals surface area contributed by atoms with Crippen LogP contribution in [0.2, 0.25) is 0 Å². The van der Waals surface area contributed by atoms with Crippen LogP contribution in [0.1, 0.15) is 18.0 Å². The van der Waals surface area contributed by atoms with Crippen LogP contribution in [0, 0.1) is 0 Å². The summed E-state index contributed by atoms with van der Waals surface area (Å²) in [6.45, 7) is 3.90. The summed E-state index contributed by atoms with van der Waals surface area (Å²) in [4.78, 5) is 0. The molecule has 1 aromatic carbocycles. The van der Waals surface area contributed by atoms with E-state index >= 15 is 0 Å².